The second-order valence-electron chi connectivity index (χ2n) is 5.84. The maximum Gasteiger partial charge on any atom is 0.235 e. The van der Waals surface area contributed by atoms with E-state index in [2.05, 4.69) is 0 Å². The fraction of sp³-hybridized carbons (Fsp3) is 0.562. The molecule has 1 saturated carbocycles. The second-order valence-corrected chi connectivity index (χ2v) is 7.69. The monoisotopic (exact) mass is 327 g/mol. The smallest absolute Gasteiger partial charge is 0.235 e. The van der Waals surface area contributed by atoms with Crippen LogP contribution in [0.15, 0.2) is 29.2 Å². The number of halogens is 1. The van der Waals surface area contributed by atoms with E-state index in [9.17, 15) is 9.90 Å². The molecule has 1 N–H and O–H groups in total. The standard InChI is InChI=1S/C16H22ClNO2S/c1-12(21-14-7-5-13(17)6-8-14)15(19)18(2)11-16(20)9-3-4-10-16/h5-8,12,20H,3-4,9-11H2,1-2H3. The van der Waals surface area contributed by atoms with Gasteiger partial charge in [-0.3, -0.25) is 4.79 Å². The molecule has 0 radical (unpaired) electrons. The lowest BCUT2D eigenvalue weighted by atomic mass is 10.0. The highest BCUT2D eigenvalue weighted by Crippen LogP contribution is 2.31. The number of likely N-dealkylation sites (N-methyl/N-ethyl adjacent to an activating group) is 1. The van der Waals surface area contributed by atoms with E-state index in [1.807, 2.05) is 31.2 Å². The van der Waals surface area contributed by atoms with Crippen LogP contribution < -0.4 is 0 Å². The van der Waals surface area contributed by atoms with Gasteiger partial charge in [-0.15, -0.1) is 11.8 Å². The average Bonchev–Trinajstić information content (AvgIpc) is 2.86. The Morgan fingerprint density at radius 3 is 2.52 bits per heavy atom. The zero-order valence-corrected chi connectivity index (χ0v) is 14.1. The van der Waals surface area contributed by atoms with Crippen LogP contribution in [-0.4, -0.2) is 40.4 Å². The first-order valence-corrected chi connectivity index (χ1v) is 8.55. The van der Waals surface area contributed by atoms with E-state index in [0.29, 0.717) is 11.6 Å². The summed E-state index contributed by atoms with van der Waals surface area (Å²) in [5, 5.41) is 10.9. The lowest BCUT2D eigenvalue weighted by Gasteiger charge is -2.30. The molecule has 1 aromatic rings. The molecule has 1 fully saturated rings. The van der Waals surface area contributed by atoms with E-state index in [0.717, 1.165) is 30.6 Å². The Labute approximate surface area is 135 Å². The van der Waals surface area contributed by atoms with Crippen LogP contribution in [0.3, 0.4) is 0 Å². The van der Waals surface area contributed by atoms with Crippen LogP contribution in [0.2, 0.25) is 5.02 Å². The van der Waals surface area contributed by atoms with E-state index >= 15 is 0 Å². The molecule has 1 atom stereocenters. The van der Waals surface area contributed by atoms with Crippen molar-refractivity contribution in [3.8, 4) is 0 Å². The lowest BCUT2D eigenvalue weighted by molar-refractivity contribution is -0.132. The van der Waals surface area contributed by atoms with Crippen molar-refractivity contribution in [2.75, 3.05) is 13.6 Å². The molecular weight excluding hydrogens is 306 g/mol. The van der Waals surface area contributed by atoms with Crippen LogP contribution in [-0.2, 0) is 4.79 Å². The Balaban J connectivity index is 1.90. The van der Waals surface area contributed by atoms with Crippen LogP contribution in [0.4, 0.5) is 0 Å². The zero-order chi connectivity index (χ0) is 15.5. The van der Waals surface area contributed by atoms with Crippen molar-refractivity contribution in [1.82, 2.24) is 4.90 Å². The van der Waals surface area contributed by atoms with Crippen molar-refractivity contribution in [3.63, 3.8) is 0 Å². The maximum absolute atomic E-state index is 12.4. The topological polar surface area (TPSA) is 40.5 Å². The van der Waals surface area contributed by atoms with Gasteiger partial charge in [-0.1, -0.05) is 24.4 Å². The Kier molecular flexibility index (Phi) is 5.58. The molecule has 1 amide bonds. The zero-order valence-electron chi connectivity index (χ0n) is 12.5. The molecule has 0 aromatic heterocycles. The molecule has 1 unspecified atom stereocenters. The highest BCUT2D eigenvalue weighted by molar-refractivity contribution is 8.00. The summed E-state index contributed by atoms with van der Waals surface area (Å²) in [5.41, 5.74) is -0.685. The minimum absolute atomic E-state index is 0.0512. The molecule has 3 nitrogen and oxygen atoms in total. The first kappa shape index (κ1) is 16.7. The molecule has 21 heavy (non-hydrogen) atoms. The Morgan fingerprint density at radius 2 is 1.95 bits per heavy atom. The van der Waals surface area contributed by atoms with E-state index < -0.39 is 5.60 Å². The summed E-state index contributed by atoms with van der Waals surface area (Å²) in [7, 11) is 1.78. The van der Waals surface area contributed by atoms with Gasteiger partial charge in [0.15, 0.2) is 0 Å². The molecule has 1 aliphatic carbocycles. The largest absolute Gasteiger partial charge is 0.388 e. The van der Waals surface area contributed by atoms with Crippen molar-refractivity contribution < 1.29 is 9.90 Å². The van der Waals surface area contributed by atoms with Gasteiger partial charge in [-0.2, -0.15) is 0 Å². The number of thioether (sulfide) groups is 1. The average molecular weight is 328 g/mol. The maximum atomic E-state index is 12.4. The van der Waals surface area contributed by atoms with E-state index in [-0.39, 0.29) is 11.2 Å². The number of rotatable bonds is 5. The summed E-state index contributed by atoms with van der Waals surface area (Å²) < 4.78 is 0. The summed E-state index contributed by atoms with van der Waals surface area (Å²) in [6.45, 7) is 2.33. The molecule has 0 saturated heterocycles. The fourth-order valence-corrected chi connectivity index (χ4v) is 3.90. The number of carbonyl (C=O) groups excluding carboxylic acids is 1. The predicted molar refractivity (Wildman–Crippen MR) is 87.8 cm³/mol. The first-order chi connectivity index (χ1) is 9.89. The van der Waals surface area contributed by atoms with Crippen LogP contribution >= 0.6 is 23.4 Å². The third-order valence-electron chi connectivity index (χ3n) is 3.92. The number of carbonyl (C=O) groups is 1. The van der Waals surface area contributed by atoms with Crippen LogP contribution in [0.5, 0.6) is 0 Å². The van der Waals surface area contributed by atoms with Gasteiger partial charge in [-0.25, -0.2) is 0 Å². The minimum atomic E-state index is -0.685. The Morgan fingerprint density at radius 1 is 1.38 bits per heavy atom. The predicted octanol–water partition coefficient (Wildman–Crippen LogP) is 3.58. The highest BCUT2D eigenvalue weighted by atomic mass is 35.5. The SMILES string of the molecule is CC(Sc1ccc(Cl)cc1)C(=O)N(C)CC1(O)CCCC1. The van der Waals surface area contributed by atoms with Gasteiger partial charge in [0.25, 0.3) is 0 Å². The molecule has 0 heterocycles. The van der Waals surface area contributed by atoms with E-state index in [1.54, 1.807) is 11.9 Å². The quantitative estimate of drug-likeness (QED) is 0.840. The fourth-order valence-electron chi connectivity index (χ4n) is 2.79. The van der Waals surface area contributed by atoms with Gasteiger partial charge in [-0.05, 0) is 44.0 Å². The van der Waals surface area contributed by atoms with Gasteiger partial charge in [0.2, 0.25) is 5.91 Å². The summed E-state index contributed by atoms with van der Waals surface area (Å²) in [4.78, 5) is 15.1. The third kappa shape index (κ3) is 4.63. The number of amides is 1. The second kappa shape index (κ2) is 7.03. The van der Waals surface area contributed by atoms with Crippen molar-refractivity contribution >= 4 is 29.3 Å². The number of hydrogen-bond donors (Lipinski definition) is 1. The molecule has 5 heteroatoms. The summed E-state index contributed by atoms with van der Waals surface area (Å²) in [6.07, 6.45) is 3.69. The summed E-state index contributed by atoms with van der Waals surface area (Å²) in [5.74, 6) is 0.0512. The van der Waals surface area contributed by atoms with Gasteiger partial charge in [0.1, 0.15) is 0 Å². The van der Waals surface area contributed by atoms with Crippen LogP contribution in [0, 0.1) is 0 Å². The van der Waals surface area contributed by atoms with Crippen LogP contribution in [0.1, 0.15) is 32.6 Å². The van der Waals surface area contributed by atoms with Gasteiger partial charge in [0, 0.05) is 23.5 Å². The summed E-state index contributed by atoms with van der Waals surface area (Å²) in [6, 6.07) is 7.49. The number of hydrogen-bond acceptors (Lipinski definition) is 3. The summed E-state index contributed by atoms with van der Waals surface area (Å²) >= 11 is 7.37. The van der Waals surface area contributed by atoms with E-state index in [4.69, 9.17) is 11.6 Å². The van der Waals surface area contributed by atoms with Crippen molar-refractivity contribution in [1.29, 1.82) is 0 Å². The van der Waals surface area contributed by atoms with Crippen molar-refractivity contribution in [2.24, 2.45) is 0 Å². The first-order valence-electron chi connectivity index (χ1n) is 7.29. The number of aliphatic hydroxyl groups is 1. The van der Waals surface area contributed by atoms with Gasteiger partial charge in [0.05, 0.1) is 10.9 Å². The number of benzene rings is 1. The molecule has 0 spiro atoms. The molecule has 116 valence electrons. The normalized spacial score (nSPS) is 18.5. The van der Waals surface area contributed by atoms with E-state index in [1.165, 1.54) is 11.8 Å². The third-order valence-corrected chi connectivity index (χ3v) is 5.27. The molecule has 0 bridgehead atoms. The Hall–Kier alpha value is -0.710. The molecule has 1 aromatic carbocycles. The van der Waals surface area contributed by atoms with Crippen molar-refractivity contribution in [2.45, 2.75) is 48.4 Å². The van der Waals surface area contributed by atoms with Gasteiger partial charge >= 0.3 is 0 Å². The molecular formula is C16H22ClNO2S. The number of nitrogens with zero attached hydrogens (tertiary/aromatic N) is 1. The molecule has 1 aliphatic rings. The Bertz CT molecular complexity index is 486. The van der Waals surface area contributed by atoms with Crippen LogP contribution in [0.25, 0.3) is 0 Å². The van der Waals surface area contributed by atoms with Gasteiger partial charge < -0.3 is 10.0 Å². The molecule has 2 rings (SSSR count). The molecule has 0 aliphatic heterocycles. The lowest BCUT2D eigenvalue weighted by Crippen LogP contribution is -2.44. The van der Waals surface area contributed by atoms with Crippen molar-refractivity contribution in [3.05, 3.63) is 29.3 Å². The highest BCUT2D eigenvalue weighted by Gasteiger charge is 2.34. The minimum Gasteiger partial charge on any atom is -0.388 e.